The van der Waals surface area contributed by atoms with Gasteiger partial charge in [-0.3, -0.25) is 0 Å². The van der Waals surface area contributed by atoms with Gasteiger partial charge in [0, 0.05) is 6.54 Å². The molecule has 2 rings (SSSR count). The molecule has 0 radical (unpaired) electrons. The van der Waals surface area contributed by atoms with Crippen LogP contribution in [0.5, 0.6) is 0 Å². The molecule has 0 bridgehead atoms. The first-order chi connectivity index (χ1) is 9.10. The number of nitrogens with zero attached hydrogens (tertiary/aromatic N) is 6. The van der Waals surface area contributed by atoms with E-state index >= 15 is 0 Å². The van der Waals surface area contributed by atoms with Crippen molar-refractivity contribution >= 4 is 5.97 Å². The Labute approximate surface area is 110 Å². The van der Waals surface area contributed by atoms with Gasteiger partial charge in [-0.15, -0.1) is 5.10 Å². The SMILES string of the molecule is COC(=O)c1ncn(Cc2ncnn2CC(C)C)n1. The quantitative estimate of drug-likeness (QED) is 0.724. The average Bonchev–Trinajstić information content (AvgIpc) is 2.99. The molecule has 0 aliphatic heterocycles. The van der Waals surface area contributed by atoms with E-state index in [0.29, 0.717) is 12.5 Å². The monoisotopic (exact) mass is 264 g/mol. The maximum atomic E-state index is 11.2. The van der Waals surface area contributed by atoms with Crippen molar-refractivity contribution in [3.8, 4) is 0 Å². The van der Waals surface area contributed by atoms with Crippen LogP contribution in [0.3, 0.4) is 0 Å². The number of hydrogen-bond donors (Lipinski definition) is 0. The third-order valence-electron chi connectivity index (χ3n) is 2.44. The Balaban J connectivity index is 2.11. The minimum Gasteiger partial charge on any atom is -0.463 e. The highest BCUT2D eigenvalue weighted by molar-refractivity contribution is 5.84. The van der Waals surface area contributed by atoms with Gasteiger partial charge in [-0.25, -0.2) is 24.1 Å². The lowest BCUT2D eigenvalue weighted by Gasteiger charge is -2.07. The molecular weight excluding hydrogens is 248 g/mol. The Morgan fingerprint density at radius 3 is 2.89 bits per heavy atom. The number of rotatable bonds is 5. The van der Waals surface area contributed by atoms with Crippen LogP contribution in [0.25, 0.3) is 0 Å². The normalized spacial score (nSPS) is 10.9. The molecule has 102 valence electrons. The van der Waals surface area contributed by atoms with Crippen LogP contribution in [0.1, 0.15) is 30.3 Å². The lowest BCUT2D eigenvalue weighted by atomic mass is 10.2. The van der Waals surface area contributed by atoms with Crippen LogP contribution in [0.4, 0.5) is 0 Å². The first-order valence-electron chi connectivity index (χ1n) is 5.94. The molecule has 8 nitrogen and oxygen atoms in total. The Hall–Kier alpha value is -2.25. The molecule has 8 heteroatoms. The molecule has 19 heavy (non-hydrogen) atoms. The summed E-state index contributed by atoms with van der Waals surface area (Å²) in [6.07, 6.45) is 2.98. The van der Waals surface area contributed by atoms with Gasteiger partial charge in [-0.2, -0.15) is 5.10 Å². The first kappa shape index (κ1) is 13.2. The number of carbonyl (C=O) groups excluding carboxylic acids is 1. The Kier molecular flexibility index (Phi) is 3.88. The van der Waals surface area contributed by atoms with Crippen molar-refractivity contribution in [2.24, 2.45) is 5.92 Å². The summed E-state index contributed by atoms with van der Waals surface area (Å²) < 4.78 is 7.91. The number of carbonyl (C=O) groups is 1. The standard InChI is InChI=1S/C11H16N6O2/c1-8(2)4-17-9(12-6-14-17)5-16-7-13-10(15-16)11(18)19-3/h6-8H,4-5H2,1-3H3. The summed E-state index contributed by atoms with van der Waals surface area (Å²) in [6.45, 7) is 5.41. The van der Waals surface area contributed by atoms with Gasteiger partial charge in [-0.05, 0) is 5.92 Å². The van der Waals surface area contributed by atoms with E-state index in [0.717, 1.165) is 12.4 Å². The molecule has 2 aromatic rings. The fraction of sp³-hybridized carbons (Fsp3) is 0.545. The van der Waals surface area contributed by atoms with E-state index in [4.69, 9.17) is 0 Å². The zero-order valence-corrected chi connectivity index (χ0v) is 11.1. The van der Waals surface area contributed by atoms with Gasteiger partial charge >= 0.3 is 5.97 Å². The van der Waals surface area contributed by atoms with E-state index in [2.05, 4.69) is 38.7 Å². The number of methoxy groups -OCH3 is 1. The summed E-state index contributed by atoms with van der Waals surface area (Å²) in [7, 11) is 1.29. The van der Waals surface area contributed by atoms with Crippen LogP contribution in [0, 0.1) is 5.92 Å². The molecule has 0 saturated heterocycles. The molecular formula is C11H16N6O2. The van der Waals surface area contributed by atoms with Crippen molar-refractivity contribution < 1.29 is 9.53 Å². The van der Waals surface area contributed by atoms with Crippen molar-refractivity contribution in [3.63, 3.8) is 0 Å². The highest BCUT2D eigenvalue weighted by Crippen LogP contribution is 2.03. The predicted octanol–water partition coefficient (Wildman–Crippen LogP) is 0.360. The van der Waals surface area contributed by atoms with Crippen molar-refractivity contribution in [1.82, 2.24) is 29.5 Å². The molecule has 0 fully saturated rings. The van der Waals surface area contributed by atoms with Crippen molar-refractivity contribution in [1.29, 1.82) is 0 Å². The second-order valence-corrected chi connectivity index (χ2v) is 4.51. The summed E-state index contributed by atoms with van der Waals surface area (Å²) in [4.78, 5) is 19.3. The van der Waals surface area contributed by atoms with Gasteiger partial charge in [0.25, 0.3) is 5.82 Å². The second kappa shape index (κ2) is 5.59. The highest BCUT2D eigenvalue weighted by atomic mass is 16.5. The molecule has 2 heterocycles. The maximum Gasteiger partial charge on any atom is 0.377 e. The molecule has 0 unspecified atom stereocenters. The van der Waals surface area contributed by atoms with Crippen molar-refractivity contribution in [3.05, 3.63) is 24.3 Å². The molecule has 0 aromatic carbocycles. The fourth-order valence-electron chi connectivity index (χ4n) is 1.61. The van der Waals surface area contributed by atoms with Crippen LogP contribution in [0.15, 0.2) is 12.7 Å². The lowest BCUT2D eigenvalue weighted by Crippen LogP contribution is -2.14. The summed E-state index contributed by atoms with van der Waals surface area (Å²) in [6, 6.07) is 0. The van der Waals surface area contributed by atoms with Crippen LogP contribution in [-0.2, 0) is 17.8 Å². The topological polar surface area (TPSA) is 87.7 Å². The van der Waals surface area contributed by atoms with Gasteiger partial charge in [0.1, 0.15) is 25.0 Å². The number of ether oxygens (including phenoxy) is 1. The van der Waals surface area contributed by atoms with Crippen molar-refractivity contribution in [2.75, 3.05) is 7.11 Å². The molecule has 0 N–H and O–H groups in total. The molecule has 0 aliphatic rings. The molecule has 0 atom stereocenters. The zero-order chi connectivity index (χ0) is 13.8. The third-order valence-corrected chi connectivity index (χ3v) is 2.44. The summed E-state index contributed by atoms with van der Waals surface area (Å²) in [5, 5.41) is 8.19. The number of esters is 1. The van der Waals surface area contributed by atoms with E-state index in [1.165, 1.54) is 24.4 Å². The van der Waals surface area contributed by atoms with E-state index in [-0.39, 0.29) is 5.82 Å². The van der Waals surface area contributed by atoms with Crippen molar-refractivity contribution in [2.45, 2.75) is 26.9 Å². The van der Waals surface area contributed by atoms with E-state index in [1.807, 2.05) is 4.68 Å². The average molecular weight is 264 g/mol. The Morgan fingerprint density at radius 1 is 1.42 bits per heavy atom. The number of hydrogen-bond acceptors (Lipinski definition) is 6. The molecule has 0 aliphatic carbocycles. The van der Waals surface area contributed by atoms with Gasteiger partial charge in [0.2, 0.25) is 0 Å². The predicted molar refractivity (Wildman–Crippen MR) is 65.3 cm³/mol. The van der Waals surface area contributed by atoms with Gasteiger partial charge < -0.3 is 4.74 Å². The largest absolute Gasteiger partial charge is 0.463 e. The van der Waals surface area contributed by atoms with Crippen LogP contribution >= 0.6 is 0 Å². The molecule has 2 aromatic heterocycles. The molecule has 0 spiro atoms. The lowest BCUT2D eigenvalue weighted by molar-refractivity contribution is 0.0586. The molecule has 0 saturated carbocycles. The first-order valence-corrected chi connectivity index (χ1v) is 5.94. The van der Waals surface area contributed by atoms with Crippen LogP contribution < -0.4 is 0 Å². The highest BCUT2D eigenvalue weighted by Gasteiger charge is 2.13. The van der Waals surface area contributed by atoms with E-state index < -0.39 is 5.97 Å². The summed E-state index contributed by atoms with van der Waals surface area (Å²) in [5.41, 5.74) is 0. The molecule has 0 amide bonds. The van der Waals surface area contributed by atoms with Crippen LogP contribution in [0.2, 0.25) is 0 Å². The Bertz CT molecular complexity index is 559. The van der Waals surface area contributed by atoms with E-state index in [1.54, 1.807) is 0 Å². The van der Waals surface area contributed by atoms with Gasteiger partial charge in [0.05, 0.1) is 7.11 Å². The summed E-state index contributed by atoms with van der Waals surface area (Å²) >= 11 is 0. The fourth-order valence-corrected chi connectivity index (χ4v) is 1.61. The third kappa shape index (κ3) is 3.15. The Morgan fingerprint density at radius 2 is 2.21 bits per heavy atom. The summed E-state index contributed by atoms with van der Waals surface area (Å²) in [5.74, 6) is 0.733. The van der Waals surface area contributed by atoms with Gasteiger partial charge in [0.15, 0.2) is 0 Å². The van der Waals surface area contributed by atoms with Crippen LogP contribution in [-0.4, -0.2) is 42.6 Å². The van der Waals surface area contributed by atoms with E-state index in [9.17, 15) is 4.79 Å². The van der Waals surface area contributed by atoms with Gasteiger partial charge in [-0.1, -0.05) is 13.8 Å². The minimum atomic E-state index is -0.553. The minimum absolute atomic E-state index is 0.0393. The maximum absolute atomic E-state index is 11.2. The number of aromatic nitrogens is 6. The smallest absolute Gasteiger partial charge is 0.377 e. The zero-order valence-electron chi connectivity index (χ0n) is 11.1. The second-order valence-electron chi connectivity index (χ2n) is 4.51.